The SMILES string of the molecule is Cc1occc1SCCNc1ccccc1F. The smallest absolute Gasteiger partial charge is 0.146 e. The number of furan rings is 1. The summed E-state index contributed by atoms with van der Waals surface area (Å²) in [5.41, 5.74) is 0.553. The molecule has 0 bridgehead atoms. The highest BCUT2D eigenvalue weighted by Gasteiger charge is 2.02. The quantitative estimate of drug-likeness (QED) is 0.644. The zero-order valence-electron chi connectivity index (χ0n) is 9.57. The third-order valence-corrected chi connectivity index (χ3v) is 3.50. The highest BCUT2D eigenvalue weighted by molar-refractivity contribution is 7.99. The second-order valence-corrected chi connectivity index (χ2v) is 4.73. The van der Waals surface area contributed by atoms with E-state index in [-0.39, 0.29) is 5.82 Å². The molecule has 1 aromatic heterocycles. The van der Waals surface area contributed by atoms with Gasteiger partial charge in [0.05, 0.1) is 12.0 Å². The zero-order valence-corrected chi connectivity index (χ0v) is 10.4. The molecule has 0 aliphatic carbocycles. The number of thioether (sulfide) groups is 1. The summed E-state index contributed by atoms with van der Waals surface area (Å²) in [5.74, 6) is 1.59. The fourth-order valence-corrected chi connectivity index (χ4v) is 2.30. The molecule has 0 saturated carbocycles. The van der Waals surface area contributed by atoms with E-state index in [4.69, 9.17) is 4.42 Å². The largest absolute Gasteiger partial charge is 0.468 e. The van der Waals surface area contributed by atoms with Crippen molar-refractivity contribution in [2.45, 2.75) is 11.8 Å². The summed E-state index contributed by atoms with van der Waals surface area (Å²) in [6, 6.07) is 8.64. The molecule has 1 N–H and O–H groups in total. The highest BCUT2D eigenvalue weighted by atomic mass is 32.2. The molecule has 90 valence electrons. The molecule has 0 amide bonds. The van der Waals surface area contributed by atoms with E-state index in [1.165, 1.54) is 6.07 Å². The number of halogens is 1. The predicted octanol–water partition coefficient (Wildman–Crippen LogP) is 3.93. The van der Waals surface area contributed by atoms with Crippen LogP contribution in [0, 0.1) is 12.7 Å². The van der Waals surface area contributed by atoms with Crippen LogP contribution in [0.25, 0.3) is 0 Å². The number of nitrogens with one attached hydrogen (secondary N) is 1. The normalized spacial score (nSPS) is 10.5. The minimum atomic E-state index is -0.211. The molecule has 0 fully saturated rings. The van der Waals surface area contributed by atoms with E-state index in [0.29, 0.717) is 5.69 Å². The average Bonchev–Trinajstić information content (AvgIpc) is 2.73. The second kappa shape index (κ2) is 5.77. The Balaban J connectivity index is 1.77. The summed E-state index contributed by atoms with van der Waals surface area (Å²) >= 11 is 1.70. The van der Waals surface area contributed by atoms with Crippen molar-refractivity contribution in [2.24, 2.45) is 0 Å². The van der Waals surface area contributed by atoms with Crippen molar-refractivity contribution in [3.8, 4) is 0 Å². The number of anilines is 1. The second-order valence-electron chi connectivity index (χ2n) is 3.60. The summed E-state index contributed by atoms with van der Waals surface area (Å²) in [7, 11) is 0. The van der Waals surface area contributed by atoms with Crippen molar-refractivity contribution in [2.75, 3.05) is 17.6 Å². The maximum atomic E-state index is 13.3. The van der Waals surface area contributed by atoms with Gasteiger partial charge in [-0.2, -0.15) is 0 Å². The topological polar surface area (TPSA) is 25.2 Å². The monoisotopic (exact) mass is 251 g/mol. The summed E-state index contributed by atoms with van der Waals surface area (Å²) in [6.07, 6.45) is 1.68. The summed E-state index contributed by atoms with van der Waals surface area (Å²) in [4.78, 5) is 1.14. The predicted molar refractivity (Wildman–Crippen MR) is 69.1 cm³/mol. The summed E-state index contributed by atoms with van der Waals surface area (Å²) < 4.78 is 18.5. The molecular weight excluding hydrogens is 237 g/mol. The third kappa shape index (κ3) is 3.27. The molecule has 4 heteroatoms. The van der Waals surface area contributed by atoms with Gasteiger partial charge in [-0.15, -0.1) is 11.8 Å². The van der Waals surface area contributed by atoms with E-state index in [9.17, 15) is 4.39 Å². The van der Waals surface area contributed by atoms with E-state index in [1.54, 1.807) is 30.2 Å². The van der Waals surface area contributed by atoms with Gasteiger partial charge in [0.15, 0.2) is 0 Å². The third-order valence-electron chi connectivity index (χ3n) is 2.36. The van der Waals surface area contributed by atoms with E-state index >= 15 is 0 Å². The molecule has 0 atom stereocenters. The molecule has 1 aromatic carbocycles. The number of rotatable bonds is 5. The molecule has 2 rings (SSSR count). The Morgan fingerprint density at radius 2 is 2.12 bits per heavy atom. The van der Waals surface area contributed by atoms with E-state index in [0.717, 1.165) is 23.0 Å². The van der Waals surface area contributed by atoms with Gasteiger partial charge in [-0.25, -0.2) is 4.39 Å². The molecule has 0 unspecified atom stereocenters. The van der Waals surface area contributed by atoms with Crippen LogP contribution in [-0.2, 0) is 0 Å². The molecule has 2 aromatic rings. The first-order valence-corrected chi connectivity index (χ1v) is 6.41. The van der Waals surface area contributed by atoms with Crippen LogP contribution in [-0.4, -0.2) is 12.3 Å². The number of para-hydroxylation sites is 1. The molecule has 0 radical (unpaired) electrons. The Morgan fingerprint density at radius 1 is 1.29 bits per heavy atom. The van der Waals surface area contributed by atoms with E-state index < -0.39 is 0 Å². The Labute approximate surface area is 104 Å². The van der Waals surface area contributed by atoms with Crippen LogP contribution in [0.5, 0.6) is 0 Å². The summed E-state index contributed by atoms with van der Waals surface area (Å²) in [6.45, 7) is 2.66. The molecular formula is C13H14FNOS. The van der Waals surface area contributed by atoms with Crippen LogP contribution in [0.15, 0.2) is 45.9 Å². The van der Waals surface area contributed by atoms with Crippen LogP contribution in [0.3, 0.4) is 0 Å². The van der Waals surface area contributed by atoms with Crippen molar-refractivity contribution in [1.29, 1.82) is 0 Å². The van der Waals surface area contributed by atoms with Gasteiger partial charge in [0.1, 0.15) is 11.6 Å². The van der Waals surface area contributed by atoms with E-state index in [1.807, 2.05) is 19.1 Å². The van der Waals surface area contributed by atoms with Gasteiger partial charge in [0.2, 0.25) is 0 Å². The van der Waals surface area contributed by atoms with Gasteiger partial charge < -0.3 is 9.73 Å². The van der Waals surface area contributed by atoms with Crippen LogP contribution in [0.2, 0.25) is 0 Å². The van der Waals surface area contributed by atoms with Crippen LogP contribution >= 0.6 is 11.8 Å². The first-order chi connectivity index (χ1) is 8.27. The Kier molecular flexibility index (Phi) is 4.09. The first-order valence-electron chi connectivity index (χ1n) is 5.42. The van der Waals surface area contributed by atoms with Crippen LogP contribution in [0.1, 0.15) is 5.76 Å². The van der Waals surface area contributed by atoms with Gasteiger partial charge in [0.25, 0.3) is 0 Å². The van der Waals surface area contributed by atoms with Gasteiger partial charge >= 0.3 is 0 Å². The number of aryl methyl sites for hydroxylation is 1. The highest BCUT2D eigenvalue weighted by Crippen LogP contribution is 2.22. The minimum absolute atomic E-state index is 0.211. The average molecular weight is 251 g/mol. The maximum absolute atomic E-state index is 13.3. The van der Waals surface area contributed by atoms with Crippen molar-refractivity contribution in [3.05, 3.63) is 48.2 Å². The Morgan fingerprint density at radius 3 is 2.82 bits per heavy atom. The van der Waals surface area contributed by atoms with Gasteiger partial charge in [0, 0.05) is 17.2 Å². The minimum Gasteiger partial charge on any atom is -0.468 e. The molecule has 0 saturated heterocycles. The Bertz CT molecular complexity index is 484. The fraction of sp³-hybridized carbons (Fsp3) is 0.231. The van der Waals surface area contributed by atoms with Gasteiger partial charge in [-0.1, -0.05) is 12.1 Å². The lowest BCUT2D eigenvalue weighted by Crippen LogP contribution is -2.05. The molecule has 0 aliphatic heterocycles. The van der Waals surface area contributed by atoms with Crippen LogP contribution in [0.4, 0.5) is 10.1 Å². The zero-order chi connectivity index (χ0) is 12.1. The fourth-order valence-electron chi connectivity index (χ4n) is 1.47. The molecule has 1 heterocycles. The first kappa shape index (κ1) is 12.0. The van der Waals surface area contributed by atoms with Gasteiger partial charge in [-0.3, -0.25) is 0 Å². The maximum Gasteiger partial charge on any atom is 0.146 e. The lowest BCUT2D eigenvalue weighted by molar-refractivity contribution is 0.527. The number of hydrogen-bond acceptors (Lipinski definition) is 3. The molecule has 0 aliphatic rings. The lowest BCUT2D eigenvalue weighted by Gasteiger charge is -2.06. The van der Waals surface area contributed by atoms with E-state index in [2.05, 4.69) is 5.32 Å². The molecule has 2 nitrogen and oxygen atoms in total. The van der Waals surface area contributed by atoms with Crippen molar-refractivity contribution in [3.63, 3.8) is 0 Å². The summed E-state index contributed by atoms with van der Waals surface area (Å²) in [5, 5.41) is 3.07. The standard InChI is InChI=1S/C13H14FNOS/c1-10-13(6-8-16-10)17-9-7-15-12-5-3-2-4-11(12)14/h2-6,8,15H,7,9H2,1H3. The van der Waals surface area contributed by atoms with Crippen molar-refractivity contribution < 1.29 is 8.81 Å². The van der Waals surface area contributed by atoms with Crippen molar-refractivity contribution >= 4 is 17.4 Å². The lowest BCUT2D eigenvalue weighted by atomic mass is 10.3. The molecule has 0 spiro atoms. The number of benzene rings is 1. The van der Waals surface area contributed by atoms with Crippen LogP contribution < -0.4 is 5.32 Å². The number of hydrogen-bond donors (Lipinski definition) is 1. The molecule has 17 heavy (non-hydrogen) atoms. The Hall–Kier alpha value is -1.42. The van der Waals surface area contributed by atoms with Gasteiger partial charge in [-0.05, 0) is 25.1 Å². The van der Waals surface area contributed by atoms with Crippen molar-refractivity contribution in [1.82, 2.24) is 0 Å².